The Kier molecular flexibility index (Phi) is 6.69. The molecule has 0 aromatic carbocycles. The number of hydrogen-bond acceptors (Lipinski definition) is 3. The fourth-order valence-corrected chi connectivity index (χ4v) is 2.66. The van der Waals surface area contributed by atoms with Crippen LogP contribution in [0.5, 0.6) is 0 Å². The minimum absolute atomic E-state index is 0.477. The van der Waals surface area contributed by atoms with Crippen molar-refractivity contribution in [2.45, 2.75) is 52.6 Å². The summed E-state index contributed by atoms with van der Waals surface area (Å²) in [6.45, 7) is 11.0. The van der Waals surface area contributed by atoms with E-state index < -0.39 is 0 Å². The van der Waals surface area contributed by atoms with Gasteiger partial charge in [0.15, 0.2) is 0 Å². The smallest absolute Gasteiger partial charge is 0.0694 e. The fraction of sp³-hybridized carbons (Fsp3) is 0.812. The summed E-state index contributed by atoms with van der Waals surface area (Å²) in [7, 11) is 6.28. The van der Waals surface area contributed by atoms with Crippen molar-refractivity contribution >= 4 is 0 Å². The lowest BCUT2D eigenvalue weighted by atomic mass is 10.0. The summed E-state index contributed by atoms with van der Waals surface area (Å²) in [6.07, 6.45) is 3.35. The van der Waals surface area contributed by atoms with Crippen molar-refractivity contribution in [2.24, 2.45) is 13.0 Å². The number of hydrogen-bond donors (Lipinski definition) is 1. The molecule has 0 radical (unpaired) electrons. The molecule has 4 nitrogen and oxygen atoms in total. The summed E-state index contributed by atoms with van der Waals surface area (Å²) in [4.78, 5) is 2.26. The Hall–Kier alpha value is -0.870. The molecule has 0 saturated heterocycles. The number of aryl methyl sites for hydroxylation is 1. The Bertz CT molecular complexity index is 383. The zero-order valence-electron chi connectivity index (χ0n) is 14.3. The van der Waals surface area contributed by atoms with E-state index in [0.29, 0.717) is 17.9 Å². The molecule has 0 aliphatic heterocycles. The van der Waals surface area contributed by atoms with Crippen molar-refractivity contribution in [3.05, 3.63) is 17.5 Å². The van der Waals surface area contributed by atoms with Crippen molar-refractivity contribution in [3.63, 3.8) is 0 Å². The van der Waals surface area contributed by atoms with Gasteiger partial charge in [-0.1, -0.05) is 27.7 Å². The predicted octanol–water partition coefficient (Wildman–Crippen LogP) is 2.61. The van der Waals surface area contributed by atoms with Crippen LogP contribution < -0.4 is 5.32 Å². The summed E-state index contributed by atoms with van der Waals surface area (Å²) in [5.41, 5.74) is 2.54. The lowest BCUT2D eigenvalue weighted by Gasteiger charge is -2.24. The minimum atomic E-state index is 0.477. The quantitative estimate of drug-likeness (QED) is 0.794. The molecule has 1 N–H and O–H groups in total. The van der Waals surface area contributed by atoms with Gasteiger partial charge in [0.2, 0.25) is 0 Å². The van der Waals surface area contributed by atoms with Gasteiger partial charge in [-0.3, -0.25) is 4.68 Å². The molecular weight excluding hydrogens is 248 g/mol. The lowest BCUT2D eigenvalue weighted by molar-refractivity contribution is 0.304. The van der Waals surface area contributed by atoms with Gasteiger partial charge in [-0.25, -0.2) is 0 Å². The van der Waals surface area contributed by atoms with E-state index in [1.54, 1.807) is 0 Å². The molecule has 0 fully saturated rings. The summed E-state index contributed by atoms with van der Waals surface area (Å²) in [5.74, 6) is 1.19. The Labute approximate surface area is 124 Å². The standard InChI is InChI=1S/C16H32N4/c1-12(2)8-15(11-19(5)6)17-9-14-10-20(7)18-16(14)13(3)4/h10,12-13,15,17H,8-9,11H2,1-7H3. The molecule has 1 rings (SSSR count). The average molecular weight is 280 g/mol. The first-order valence-electron chi connectivity index (χ1n) is 7.70. The van der Waals surface area contributed by atoms with E-state index in [1.165, 1.54) is 17.7 Å². The molecule has 1 unspecified atom stereocenters. The van der Waals surface area contributed by atoms with Gasteiger partial charge in [-0.15, -0.1) is 0 Å². The highest BCUT2D eigenvalue weighted by Gasteiger charge is 2.15. The average Bonchev–Trinajstić information content (AvgIpc) is 2.66. The van der Waals surface area contributed by atoms with E-state index in [9.17, 15) is 0 Å². The third kappa shape index (κ3) is 5.63. The summed E-state index contributed by atoms with van der Waals surface area (Å²) in [5, 5.41) is 8.29. The monoisotopic (exact) mass is 280 g/mol. The van der Waals surface area contributed by atoms with E-state index in [0.717, 1.165) is 13.1 Å². The van der Waals surface area contributed by atoms with E-state index >= 15 is 0 Å². The first-order valence-corrected chi connectivity index (χ1v) is 7.70. The van der Waals surface area contributed by atoms with E-state index in [4.69, 9.17) is 0 Å². The van der Waals surface area contributed by atoms with Crippen LogP contribution in [-0.4, -0.2) is 41.4 Å². The normalized spacial score (nSPS) is 13.7. The first kappa shape index (κ1) is 17.2. The third-order valence-corrected chi connectivity index (χ3v) is 3.41. The highest BCUT2D eigenvalue weighted by Crippen LogP contribution is 2.17. The second-order valence-corrected chi connectivity index (χ2v) is 6.84. The zero-order valence-corrected chi connectivity index (χ0v) is 14.3. The van der Waals surface area contributed by atoms with Gasteiger partial charge in [-0.05, 0) is 32.4 Å². The molecule has 20 heavy (non-hydrogen) atoms. The maximum Gasteiger partial charge on any atom is 0.0694 e. The molecule has 0 spiro atoms. The molecule has 0 saturated carbocycles. The molecule has 1 aromatic rings. The highest BCUT2D eigenvalue weighted by atomic mass is 15.3. The van der Waals surface area contributed by atoms with E-state index in [2.05, 4.69) is 63.3 Å². The molecule has 0 bridgehead atoms. The van der Waals surface area contributed by atoms with Crippen LogP contribution in [0.4, 0.5) is 0 Å². The van der Waals surface area contributed by atoms with E-state index in [-0.39, 0.29) is 0 Å². The maximum absolute atomic E-state index is 4.58. The number of likely N-dealkylation sites (N-methyl/N-ethyl adjacent to an activating group) is 1. The molecular formula is C16H32N4. The Balaban J connectivity index is 2.66. The van der Waals surface area contributed by atoms with Gasteiger partial charge in [0, 0.05) is 37.9 Å². The largest absolute Gasteiger partial charge is 0.309 e. The number of nitrogens with one attached hydrogen (secondary N) is 1. The van der Waals surface area contributed by atoms with Crippen molar-refractivity contribution < 1.29 is 0 Å². The van der Waals surface area contributed by atoms with Crippen LogP contribution in [0, 0.1) is 5.92 Å². The summed E-state index contributed by atoms with van der Waals surface area (Å²) >= 11 is 0. The van der Waals surface area contributed by atoms with Gasteiger partial charge >= 0.3 is 0 Å². The van der Waals surface area contributed by atoms with Crippen LogP contribution in [0.25, 0.3) is 0 Å². The van der Waals surface area contributed by atoms with Crippen LogP contribution in [0.3, 0.4) is 0 Å². The Morgan fingerprint density at radius 1 is 1.25 bits per heavy atom. The summed E-state index contributed by atoms with van der Waals surface area (Å²) < 4.78 is 1.93. The maximum atomic E-state index is 4.58. The van der Waals surface area contributed by atoms with Crippen molar-refractivity contribution in [2.75, 3.05) is 20.6 Å². The van der Waals surface area contributed by atoms with Crippen molar-refractivity contribution in [1.29, 1.82) is 0 Å². The van der Waals surface area contributed by atoms with Crippen LogP contribution in [-0.2, 0) is 13.6 Å². The predicted molar refractivity (Wildman–Crippen MR) is 85.9 cm³/mol. The van der Waals surface area contributed by atoms with Gasteiger partial charge in [-0.2, -0.15) is 5.10 Å². The van der Waals surface area contributed by atoms with Crippen LogP contribution >= 0.6 is 0 Å². The number of rotatable bonds is 8. The minimum Gasteiger partial charge on any atom is -0.309 e. The molecule has 1 aromatic heterocycles. The number of nitrogens with zero attached hydrogens (tertiary/aromatic N) is 3. The van der Waals surface area contributed by atoms with Crippen LogP contribution in [0.2, 0.25) is 0 Å². The molecule has 0 amide bonds. The molecule has 0 aliphatic rings. The van der Waals surface area contributed by atoms with Gasteiger partial charge in [0.25, 0.3) is 0 Å². The third-order valence-electron chi connectivity index (χ3n) is 3.41. The van der Waals surface area contributed by atoms with E-state index in [1.807, 2.05) is 11.7 Å². The topological polar surface area (TPSA) is 33.1 Å². The molecule has 0 aliphatic carbocycles. The molecule has 1 heterocycles. The second-order valence-electron chi connectivity index (χ2n) is 6.84. The first-order chi connectivity index (χ1) is 9.29. The van der Waals surface area contributed by atoms with Gasteiger partial charge in [0.1, 0.15) is 0 Å². The Morgan fingerprint density at radius 2 is 1.90 bits per heavy atom. The fourth-order valence-electron chi connectivity index (χ4n) is 2.66. The SMILES string of the molecule is CC(C)CC(CN(C)C)NCc1cn(C)nc1C(C)C. The Morgan fingerprint density at radius 3 is 2.40 bits per heavy atom. The van der Waals surface area contributed by atoms with Gasteiger partial charge in [0.05, 0.1) is 5.69 Å². The lowest BCUT2D eigenvalue weighted by Crippen LogP contribution is -2.38. The number of aromatic nitrogens is 2. The van der Waals surface area contributed by atoms with Gasteiger partial charge < -0.3 is 10.2 Å². The van der Waals surface area contributed by atoms with Crippen LogP contribution in [0.15, 0.2) is 6.20 Å². The highest BCUT2D eigenvalue weighted by molar-refractivity contribution is 5.20. The summed E-state index contributed by atoms with van der Waals surface area (Å²) in [6, 6.07) is 0.533. The zero-order chi connectivity index (χ0) is 15.3. The van der Waals surface area contributed by atoms with Crippen molar-refractivity contribution in [1.82, 2.24) is 20.0 Å². The molecule has 4 heteroatoms. The van der Waals surface area contributed by atoms with Crippen LogP contribution in [0.1, 0.15) is 51.3 Å². The second kappa shape index (κ2) is 7.79. The molecule has 1 atom stereocenters. The molecule has 116 valence electrons. The van der Waals surface area contributed by atoms with Crippen molar-refractivity contribution in [3.8, 4) is 0 Å².